The van der Waals surface area contributed by atoms with Gasteiger partial charge in [0.2, 0.25) is 0 Å². The molecule has 0 unspecified atom stereocenters. The number of rotatable bonds is 4. The summed E-state index contributed by atoms with van der Waals surface area (Å²) in [6.45, 7) is 6.81. The van der Waals surface area contributed by atoms with E-state index in [2.05, 4.69) is 44.2 Å². The maximum Gasteiger partial charge on any atom is 0.258 e. The maximum absolute atomic E-state index is 13.0. The van der Waals surface area contributed by atoms with E-state index in [0.717, 1.165) is 16.8 Å². The Balaban J connectivity index is 1.84. The molecule has 126 valence electrons. The molecule has 1 heterocycles. The number of carbonyl (C=O) groups excluding carboxylic acids is 1. The van der Waals surface area contributed by atoms with E-state index in [0.29, 0.717) is 11.1 Å². The molecular formula is C20H23NOS2. The summed E-state index contributed by atoms with van der Waals surface area (Å²) in [6.07, 6.45) is 0. The fourth-order valence-corrected chi connectivity index (χ4v) is 5.78. The topological polar surface area (TPSA) is 20.3 Å². The van der Waals surface area contributed by atoms with Crippen molar-refractivity contribution in [2.24, 2.45) is 0 Å². The molecule has 0 aliphatic carbocycles. The van der Waals surface area contributed by atoms with Crippen LogP contribution in [0.5, 0.6) is 0 Å². The van der Waals surface area contributed by atoms with Crippen LogP contribution in [0.25, 0.3) is 0 Å². The fourth-order valence-electron chi connectivity index (χ4n) is 2.92. The molecule has 0 spiro atoms. The molecule has 1 saturated heterocycles. The molecule has 2 aromatic carbocycles. The van der Waals surface area contributed by atoms with Crippen LogP contribution in [-0.4, -0.2) is 24.0 Å². The van der Waals surface area contributed by atoms with Crippen molar-refractivity contribution in [1.82, 2.24) is 0 Å². The Kier molecular flexibility index (Phi) is 5.57. The smallest absolute Gasteiger partial charge is 0.258 e. The van der Waals surface area contributed by atoms with E-state index in [9.17, 15) is 4.79 Å². The first-order chi connectivity index (χ1) is 11.6. The van der Waals surface area contributed by atoms with Crippen molar-refractivity contribution < 1.29 is 4.79 Å². The first-order valence-corrected chi connectivity index (χ1v) is 10.4. The van der Waals surface area contributed by atoms with E-state index in [1.54, 1.807) is 0 Å². The number of hydrogen-bond donors (Lipinski definition) is 0. The average Bonchev–Trinajstić information content (AvgIpc) is 3.13. The number of anilines is 1. The number of nitrogens with zero attached hydrogens (tertiary/aromatic N) is 1. The summed E-state index contributed by atoms with van der Waals surface area (Å²) in [7, 11) is 0. The molecule has 0 atom stereocenters. The molecule has 0 saturated carbocycles. The summed E-state index contributed by atoms with van der Waals surface area (Å²) < 4.78 is 0.524. The first-order valence-electron chi connectivity index (χ1n) is 8.32. The Bertz CT molecular complexity index is 721. The van der Waals surface area contributed by atoms with Crippen molar-refractivity contribution in [2.75, 3.05) is 23.0 Å². The van der Waals surface area contributed by atoms with Crippen LogP contribution in [-0.2, 0) is 0 Å². The number of carbonyl (C=O) groups is 1. The molecular weight excluding hydrogens is 334 g/mol. The molecule has 0 N–H and O–H groups in total. The van der Waals surface area contributed by atoms with Gasteiger partial charge in [-0.1, -0.05) is 24.3 Å². The summed E-state index contributed by atoms with van der Waals surface area (Å²) in [5, 5.41) is 0. The van der Waals surface area contributed by atoms with Crippen LogP contribution < -0.4 is 4.90 Å². The van der Waals surface area contributed by atoms with E-state index in [1.165, 1.54) is 22.6 Å². The third kappa shape index (κ3) is 3.65. The van der Waals surface area contributed by atoms with Crippen molar-refractivity contribution in [2.45, 2.75) is 25.4 Å². The van der Waals surface area contributed by atoms with Gasteiger partial charge in [-0.25, -0.2) is 0 Å². The number of benzene rings is 2. The molecule has 1 amide bonds. The SMILES string of the molecule is CCN(C(=O)c1ccc(C2SCCS2)cc1)c1cc(C)ccc1C. The van der Waals surface area contributed by atoms with Gasteiger partial charge in [-0.05, 0) is 55.7 Å². The van der Waals surface area contributed by atoms with Gasteiger partial charge in [0, 0.05) is 29.3 Å². The summed E-state index contributed by atoms with van der Waals surface area (Å²) >= 11 is 3.98. The largest absolute Gasteiger partial charge is 0.308 e. The minimum atomic E-state index is 0.0736. The standard InChI is InChI=1S/C20H23NOS2/c1-4-21(18-13-14(2)5-6-15(18)3)19(22)16-7-9-17(10-8-16)20-23-11-12-24-20/h5-10,13,20H,4,11-12H2,1-3H3. The lowest BCUT2D eigenvalue weighted by atomic mass is 10.1. The molecule has 2 nitrogen and oxygen atoms in total. The number of amides is 1. The molecule has 1 fully saturated rings. The minimum absolute atomic E-state index is 0.0736. The van der Waals surface area contributed by atoms with Gasteiger partial charge in [0.05, 0.1) is 4.58 Å². The van der Waals surface area contributed by atoms with Gasteiger partial charge < -0.3 is 4.90 Å². The quantitative estimate of drug-likeness (QED) is 0.726. The van der Waals surface area contributed by atoms with Crippen molar-refractivity contribution in [3.05, 3.63) is 64.7 Å². The van der Waals surface area contributed by atoms with Crippen LogP contribution in [0.15, 0.2) is 42.5 Å². The fraction of sp³-hybridized carbons (Fsp3) is 0.350. The highest BCUT2D eigenvalue weighted by atomic mass is 32.2. The van der Waals surface area contributed by atoms with Crippen LogP contribution >= 0.6 is 23.5 Å². The van der Waals surface area contributed by atoms with Crippen LogP contribution in [0.3, 0.4) is 0 Å². The van der Waals surface area contributed by atoms with Crippen molar-refractivity contribution in [3.8, 4) is 0 Å². The average molecular weight is 358 g/mol. The lowest BCUT2D eigenvalue weighted by Gasteiger charge is -2.24. The van der Waals surface area contributed by atoms with E-state index in [-0.39, 0.29) is 5.91 Å². The van der Waals surface area contributed by atoms with Crippen molar-refractivity contribution in [3.63, 3.8) is 0 Å². The van der Waals surface area contributed by atoms with Gasteiger partial charge in [0.1, 0.15) is 0 Å². The zero-order chi connectivity index (χ0) is 17.1. The predicted molar refractivity (Wildman–Crippen MR) is 107 cm³/mol. The first kappa shape index (κ1) is 17.4. The van der Waals surface area contributed by atoms with Gasteiger partial charge in [0.25, 0.3) is 5.91 Å². The highest BCUT2D eigenvalue weighted by Crippen LogP contribution is 2.45. The second-order valence-electron chi connectivity index (χ2n) is 6.03. The lowest BCUT2D eigenvalue weighted by Crippen LogP contribution is -2.31. The second-order valence-corrected chi connectivity index (χ2v) is 8.76. The van der Waals surface area contributed by atoms with Crippen LogP contribution in [0.4, 0.5) is 5.69 Å². The minimum Gasteiger partial charge on any atom is -0.308 e. The molecule has 0 aromatic heterocycles. The Hall–Kier alpha value is -1.39. The van der Waals surface area contributed by atoms with Crippen LogP contribution in [0.1, 0.15) is 38.6 Å². The lowest BCUT2D eigenvalue weighted by molar-refractivity contribution is 0.0988. The van der Waals surface area contributed by atoms with Gasteiger partial charge in [-0.3, -0.25) is 4.79 Å². The highest BCUT2D eigenvalue weighted by molar-refractivity contribution is 8.19. The summed E-state index contributed by atoms with van der Waals surface area (Å²) in [5.41, 5.74) is 5.38. The third-order valence-electron chi connectivity index (χ3n) is 4.27. The number of aryl methyl sites for hydroxylation is 2. The van der Waals surface area contributed by atoms with E-state index < -0.39 is 0 Å². The molecule has 0 radical (unpaired) electrons. The van der Waals surface area contributed by atoms with Gasteiger partial charge in [-0.15, -0.1) is 23.5 Å². The predicted octanol–water partition coefficient (Wildman–Crippen LogP) is 5.45. The molecule has 3 rings (SSSR count). The highest BCUT2D eigenvalue weighted by Gasteiger charge is 2.21. The van der Waals surface area contributed by atoms with Crippen molar-refractivity contribution >= 4 is 35.1 Å². The molecule has 4 heteroatoms. The normalized spacial score (nSPS) is 14.8. The Labute approximate surface area is 153 Å². The van der Waals surface area contributed by atoms with Crippen molar-refractivity contribution in [1.29, 1.82) is 0 Å². The van der Waals surface area contributed by atoms with E-state index in [1.807, 2.05) is 47.5 Å². The number of hydrogen-bond acceptors (Lipinski definition) is 3. The zero-order valence-electron chi connectivity index (χ0n) is 14.4. The molecule has 2 aromatic rings. The van der Waals surface area contributed by atoms with Gasteiger partial charge >= 0.3 is 0 Å². The Morgan fingerprint density at radius 2 is 1.75 bits per heavy atom. The molecule has 0 bridgehead atoms. The van der Waals surface area contributed by atoms with Crippen LogP contribution in [0.2, 0.25) is 0 Å². The van der Waals surface area contributed by atoms with E-state index >= 15 is 0 Å². The Morgan fingerprint density at radius 3 is 2.38 bits per heavy atom. The van der Waals surface area contributed by atoms with Gasteiger partial charge in [-0.2, -0.15) is 0 Å². The van der Waals surface area contributed by atoms with Gasteiger partial charge in [0.15, 0.2) is 0 Å². The Morgan fingerprint density at radius 1 is 1.08 bits per heavy atom. The second kappa shape index (κ2) is 7.66. The molecule has 24 heavy (non-hydrogen) atoms. The van der Waals surface area contributed by atoms with Crippen LogP contribution in [0, 0.1) is 13.8 Å². The zero-order valence-corrected chi connectivity index (χ0v) is 16.0. The molecule has 1 aliphatic rings. The maximum atomic E-state index is 13.0. The third-order valence-corrected chi connectivity index (χ3v) is 7.37. The summed E-state index contributed by atoms with van der Waals surface area (Å²) in [5.74, 6) is 2.50. The molecule has 1 aliphatic heterocycles. The monoisotopic (exact) mass is 357 g/mol. The summed E-state index contributed by atoms with van der Waals surface area (Å²) in [4.78, 5) is 14.9. The number of thioether (sulfide) groups is 2. The van der Waals surface area contributed by atoms with E-state index in [4.69, 9.17) is 0 Å². The summed E-state index contributed by atoms with van der Waals surface area (Å²) in [6, 6.07) is 14.4.